The Kier molecular flexibility index (Phi) is 9.43. The zero-order chi connectivity index (χ0) is 16.6. The van der Waals surface area contributed by atoms with Gasteiger partial charge in [-0.25, -0.2) is 8.42 Å². The lowest BCUT2D eigenvalue weighted by atomic mass is 10.3. The van der Waals surface area contributed by atoms with Crippen LogP contribution in [0.15, 0.2) is 0 Å². The molecule has 0 rings (SSSR count). The van der Waals surface area contributed by atoms with Crippen molar-refractivity contribution in [2.75, 3.05) is 19.6 Å². The zero-order valence-corrected chi connectivity index (χ0v) is 11.7. The van der Waals surface area contributed by atoms with E-state index in [1.807, 2.05) is 6.92 Å². The Hall–Kier alpha value is -0.550. The van der Waals surface area contributed by atoms with Crippen molar-refractivity contribution in [3.63, 3.8) is 0 Å². The number of alkyl halides is 6. The molecule has 124 valence electrons. The Balaban J connectivity index is 0. The van der Waals surface area contributed by atoms with Crippen LogP contribution in [0.2, 0.25) is 0 Å². The highest BCUT2D eigenvalue weighted by Crippen LogP contribution is 2.20. The van der Waals surface area contributed by atoms with E-state index in [-0.39, 0.29) is 0 Å². The Bertz CT molecular complexity index is 352. The molecule has 0 saturated heterocycles. The molecule has 0 aliphatic heterocycles. The number of rotatable bonds is 5. The van der Waals surface area contributed by atoms with Crippen LogP contribution in [0.4, 0.5) is 26.3 Å². The molecular formula is C9H16F6NO3S-. The normalized spacial score (nSPS) is 13.1. The van der Waals surface area contributed by atoms with Gasteiger partial charge in [0.15, 0.2) is 10.1 Å². The smallest absolute Gasteiger partial charge is 0.485 e. The van der Waals surface area contributed by atoms with E-state index in [9.17, 15) is 26.3 Å². The van der Waals surface area contributed by atoms with Gasteiger partial charge in [-0.3, -0.25) is 4.90 Å². The Morgan fingerprint density at radius 1 is 1.05 bits per heavy atom. The van der Waals surface area contributed by atoms with Crippen molar-refractivity contribution in [2.45, 2.75) is 38.4 Å². The van der Waals surface area contributed by atoms with Crippen molar-refractivity contribution >= 4 is 10.1 Å². The first kappa shape index (κ1) is 21.7. The molecule has 0 aromatic heterocycles. The lowest BCUT2D eigenvalue weighted by Crippen LogP contribution is -2.34. The van der Waals surface area contributed by atoms with E-state index in [2.05, 4.69) is 0 Å². The second-order valence-corrected chi connectivity index (χ2v) is 5.11. The number of halogens is 6. The van der Waals surface area contributed by atoms with Crippen molar-refractivity contribution < 1.29 is 39.3 Å². The summed E-state index contributed by atoms with van der Waals surface area (Å²) in [5, 5.41) is 0. The first-order chi connectivity index (χ1) is 8.74. The molecule has 0 unspecified atom stereocenters. The molecule has 0 spiro atoms. The van der Waals surface area contributed by atoms with Crippen molar-refractivity contribution in [3.8, 4) is 0 Å². The standard InChI is InChI=1S/C8H16F3N.CHF3O3S/c1-3-5-6-12(4-2)7-8(9,10)11;2-1(3,4)8(5,6)7/h3-7H2,1-2H3;(H,5,6,7)/p-1. The zero-order valence-electron chi connectivity index (χ0n) is 10.9. The fraction of sp³-hybridized carbons (Fsp3) is 1.00. The highest BCUT2D eigenvalue weighted by Gasteiger charge is 2.36. The van der Waals surface area contributed by atoms with Crippen LogP contribution in [-0.2, 0) is 10.1 Å². The fourth-order valence-corrected chi connectivity index (χ4v) is 0.984. The van der Waals surface area contributed by atoms with Crippen LogP contribution in [0, 0.1) is 0 Å². The van der Waals surface area contributed by atoms with Crippen LogP contribution in [0.3, 0.4) is 0 Å². The van der Waals surface area contributed by atoms with Crippen LogP contribution in [-0.4, -0.2) is 49.2 Å². The van der Waals surface area contributed by atoms with Gasteiger partial charge in [-0.15, -0.1) is 0 Å². The number of unbranched alkanes of at least 4 members (excludes halogenated alkanes) is 1. The van der Waals surface area contributed by atoms with Crippen molar-refractivity contribution in [3.05, 3.63) is 0 Å². The summed E-state index contributed by atoms with van der Waals surface area (Å²) in [4.78, 5) is 1.42. The van der Waals surface area contributed by atoms with Gasteiger partial charge in [-0.2, -0.15) is 26.3 Å². The van der Waals surface area contributed by atoms with Gasteiger partial charge in [-0.05, 0) is 19.5 Å². The second-order valence-electron chi connectivity index (χ2n) is 3.74. The minimum absolute atomic E-state index is 0.472. The summed E-state index contributed by atoms with van der Waals surface area (Å²) in [5.74, 6) is 0. The topological polar surface area (TPSA) is 60.4 Å². The van der Waals surface area contributed by atoms with E-state index < -0.39 is 28.3 Å². The molecule has 0 aliphatic carbocycles. The van der Waals surface area contributed by atoms with Crippen molar-refractivity contribution in [1.82, 2.24) is 4.90 Å². The third kappa shape index (κ3) is 12.5. The van der Waals surface area contributed by atoms with E-state index in [0.29, 0.717) is 13.1 Å². The average Bonchev–Trinajstić information content (AvgIpc) is 2.20. The van der Waals surface area contributed by atoms with Crippen LogP contribution < -0.4 is 0 Å². The molecule has 0 heterocycles. The van der Waals surface area contributed by atoms with Gasteiger partial charge in [0.05, 0.1) is 6.54 Å². The molecule has 11 heteroatoms. The fourth-order valence-electron chi connectivity index (χ4n) is 0.984. The van der Waals surface area contributed by atoms with Crippen LogP contribution in [0.1, 0.15) is 26.7 Å². The van der Waals surface area contributed by atoms with Crippen LogP contribution >= 0.6 is 0 Å². The van der Waals surface area contributed by atoms with Gasteiger partial charge in [0.1, 0.15) is 0 Å². The highest BCUT2D eigenvalue weighted by atomic mass is 32.2. The molecule has 4 nitrogen and oxygen atoms in total. The summed E-state index contributed by atoms with van der Waals surface area (Å²) >= 11 is 0. The van der Waals surface area contributed by atoms with Gasteiger partial charge < -0.3 is 4.55 Å². The van der Waals surface area contributed by atoms with Crippen LogP contribution in [0.5, 0.6) is 0 Å². The van der Waals surface area contributed by atoms with E-state index in [0.717, 1.165) is 12.8 Å². The molecule has 0 radical (unpaired) electrons. The second kappa shape index (κ2) is 8.67. The molecule has 0 atom stereocenters. The minimum atomic E-state index is -6.09. The summed E-state index contributed by atoms with van der Waals surface area (Å²) < 4.78 is 94.5. The molecule has 0 fully saturated rings. The summed E-state index contributed by atoms with van der Waals surface area (Å²) in [6, 6.07) is 0. The number of hydrogen-bond acceptors (Lipinski definition) is 4. The molecule has 0 amide bonds. The maximum absolute atomic E-state index is 11.9. The summed E-state index contributed by atoms with van der Waals surface area (Å²) in [6.07, 6.45) is -2.28. The molecule has 20 heavy (non-hydrogen) atoms. The largest absolute Gasteiger partial charge is 0.741 e. The molecule has 0 bridgehead atoms. The number of nitrogens with zero attached hydrogens (tertiary/aromatic N) is 1. The van der Waals surface area contributed by atoms with Gasteiger partial charge in [0, 0.05) is 0 Å². The Morgan fingerprint density at radius 2 is 1.45 bits per heavy atom. The van der Waals surface area contributed by atoms with E-state index in [1.54, 1.807) is 6.92 Å². The SMILES string of the molecule is CCCCN(CC)CC(F)(F)F.O=S(=O)([O-])C(F)(F)F. The van der Waals surface area contributed by atoms with Crippen molar-refractivity contribution in [1.29, 1.82) is 0 Å². The summed E-state index contributed by atoms with van der Waals surface area (Å²) in [7, 11) is -6.09. The quantitative estimate of drug-likeness (QED) is 0.441. The summed E-state index contributed by atoms with van der Waals surface area (Å²) in [6.45, 7) is 3.97. The Morgan fingerprint density at radius 3 is 1.65 bits per heavy atom. The third-order valence-corrected chi connectivity index (χ3v) is 2.53. The van der Waals surface area contributed by atoms with E-state index in [4.69, 9.17) is 13.0 Å². The lowest BCUT2D eigenvalue weighted by molar-refractivity contribution is -0.145. The maximum Gasteiger partial charge on any atom is 0.485 e. The third-order valence-electron chi connectivity index (χ3n) is 1.96. The van der Waals surface area contributed by atoms with Gasteiger partial charge in [-0.1, -0.05) is 20.3 Å². The molecule has 0 aliphatic rings. The minimum Gasteiger partial charge on any atom is -0.741 e. The molecule has 0 aromatic rings. The molecule has 0 saturated carbocycles. The lowest BCUT2D eigenvalue weighted by Gasteiger charge is -2.21. The maximum atomic E-state index is 11.9. The van der Waals surface area contributed by atoms with E-state index >= 15 is 0 Å². The van der Waals surface area contributed by atoms with Crippen molar-refractivity contribution in [2.24, 2.45) is 0 Å². The Labute approximate surface area is 113 Å². The molecule has 0 aromatic carbocycles. The summed E-state index contributed by atoms with van der Waals surface area (Å²) in [5.41, 5.74) is -5.65. The van der Waals surface area contributed by atoms with Gasteiger partial charge >= 0.3 is 11.7 Å². The van der Waals surface area contributed by atoms with Gasteiger partial charge in [0.2, 0.25) is 0 Å². The van der Waals surface area contributed by atoms with E-state index in [1.165, 1.54) is 4.90 Å². The van der Waals surface area contributed by atoms with Crippen LogP contribution in [0.25, 0.3) is 0 Å². The average molecular weight is 332 g/mol. The monoisotopic (exact) mass is 332 g/mol. The first-order valence-corrected chi connectivity index (χ1v) is 6.96. The predicted octanol–water partition coefficient (Wildman–Crippen LogP) is 2.72. The predicted molar refractivity (Wildman–Crippen MR) is 58.8 cm³/mol. The molecular weight excluding hydrogens is 316 g/mol. The molecule has 0 N–H and O–H groups in total. The highest BCUT2D eigenvalue weighted by molar-refractivity contribution is 7.86. The van der Waals surface area contributed by atoms with Gasteiger partial charge in [0.25, 0.3) is 0 Å². The number of hydrogen-bond donors (Lipinski definition) is 0. The first-order valence-electron chi connectivity index (χ1n) is 5.55.